The highest BCUT2D eigenvalue weighted by Gasteiger charge is 2.47. The third-order valence-corrected chi connectivity index (χ3v) is 8.21. The van der Waals surface area contributed by atoms with E-state index in [2.05, 4.69) is 16.0 Å². The average Bonchev–Trinajstić information content (AvgIpc) is 3.78. The molecule has 2 unspecified atom stereocenters. The first-order chi connectivity index (χ1) is 20.8. The average molecular weight is 623 g/mol. The van der Waals surface area contributed by atoms with Gasteiger partial charge in [0.1, 0.15) is 5.15 Å². The second-order valence-corrected chi connectivity index (χ2v) is 12.9. The maximum Gasteiger partial charge on any atom is 0.339 e. The van der Waals surface area contributed by atoms with Crippen LogP contribution in [0.15, 0.2) is 72.4 Å². The Labute approximate surface area is 265 Å². The summed E-state index contributed by atoms with van der Waals surface area (Å²) >= 11 is 6.05. The van der Waals surface area contributed by atoms with Crippen LogP contribution in [0.2, 0.25) is 5.15 Å². The third kappa shape index (κ3) is 8.55. The molecule has 0 aromatic carbocycles. The predicted octanol–water partition coefficient (Wildman–Crippen LogP) is 5.80. The van der Waals surface area contributed by atoms with Crippen LogP contribution >= 0.6 is 11.6 Å². The molecule has 2 aliphatic carbocycles. The SMILES string of the molecule is C/C=C(/CC1=CCC(C(=O)N(C)Cc2cncc(C(=O)OC)c2)C=C1)N(CC1(c2ccc(Cl)nc2)CC1)C(O)OC(C)(C)C. The van der Waals surface area contributed by atoms with Gasteiger partial charge in [0.2, 0.25) is 12.3 Å². The summed E-state index contributed by atoms with van der Waals surface area (Å²) in [6.45, 7) is 8.63. The van der Waals surface area contributed by atoms with E-state index in [0.717, 1.165) is 35.2 Å². The van der Waals surface area contributed by atoms with Crippen LogP contribution < -0.4 is 0 Å². The van der Waals surface area contributed by atoms with Gasteiger partial charge < -0.3 is 24.4 Å². The molecule has 0 radical (unpaired) electrons. The topological polar surface area (TPSA) is 105 Å². The minimum atomic E-state index is -1.14. The Kier molecular flexibility index (Phi) is 10.7. The van der Waals surface area contributed by atoms with E-state index in [1.165, 1.54) is 13.3 Å². The fourth-order valence-corrected chi connectivity index (χ4v) is 5.51. The number of esters is 1. The van der Waals surface area contributed by atoms with E-state index in [0.29, 0.717) is 36.6 Å². The Hall–Kier alpha value is -3.53. The molecule has 0 bridgehead atoms. The predicted molar refractivity (Wildman–Crippen MR) is 169 cm³/mol. The van der Waals surface area contributed by atoms with Gasteiger partial charge in [-0.1, -0.05) is 42.0 Å². The molecule has 1 amide bonds. The first-order valence-corrected chi connectivity index (χ1v) is 15.3. The van der Waals surface area contributed by atoms with E-state index < -0.39 is 18.0 Å². The largest absolute Gasteiger partial charge is 0.465 e. The smallest absolute Gasteiger partial charge is 0.339 e. The van der Waals surface area contributed by atoms with Crippen LogP contribution in [0.3, 0.4) is 0 Å². The Morgan fingerprint density at radius 1 is 1.23 bits per heavy atom. The van der Waals surface area contributed by atoms with Crippen LogP contribution in [0.5, 0.6) is 0 Å². The molecule has 0 aliphatic heterocycles. The number of pyridine rings is 2. The Morgan fingerprint density at radius 3 is 2.55 bits per heavy atom. The van der Waals surface area contributed by atoms with E-state index in [1.54, 1.807) is 24.2 Å². The van der Waals surface area contributed by atoms with Crippen molar-refractivity contribution in [2.45, 2.75) is 77.4 Å². The van der Waals surface area contributed by atoms with Crippen molar-refractivity contribution in [2.75, 3.05) is 20.7 Å². The molecule has 9 nitrogen and oxygen atoms in total. The molecule has 2 heterocycles. The fourth-order valence-electron chi connectivity index (χ4n) is 5.40. The molecular weight excluding hydrogens is 580 g/mol. The second kappa shape index (κ2) is 14.1. The zero-order valence-electron chi connectivity index (χ0n) is 26.4. The van der Waals surface area contributed by atoms with E-state index in [4.69, 9.17) is 21.1 Å². The molecule has 2 aliphatic rings. The number of nitrogens with zero attached hydrogens (tertiary/aromatic N) is 4. The van der Waals surface area contributed by atoms with Crippen LogP contribution in [0, 0.1) is 5.92 Å². The molecule has 1 fully saturated rings. The molecule has 2 aromatic heterocycles. The number of methoxy groups -OCH3 is 1. The van der Waals surface area contributed by atoms with Crippen molar-refractivity contribution in [3.05, 3.63) is 94.2 Å². The molecule has 44 heavy (non-hydrogen) atoms. The van der Waals surface area contributed by atoms with Gasteiger partial charge in [-0.25, -0.2) is 9.78 Å². The monoisotopic (exact) mass is 622 g/mol. The number of allylic oxidation sites excluding steroid dienone is 4. The van der Waals surface area contributed by atoms with E-state index in [1.807, 2.05) is 69.2 Å². The van der Waals surface area contributed by atoms with Crippen molar-refractivity contribution >= 4 is 23.5 Å². The van der Waals surface area contributed by atoms with Crippen LogP contribution in [0.25, 0.3) is 0 Å². The molecule has 2 atom stereocenters. The normalized spacial score (nSPS) is 18.3. The van der Waals surface area contributed by atoms with Gasteiger partial charge >= 0.3 is 5.97 Å². The number of aliphatic hydroxyl groups is 1. The summed E-state index contributed by atoms with van der Waals surface area (Å²) < 4.78 is 10.8. The summed E-state index contributed by atoms with van der Waals surface area (Å²) in [5.74, 6) is -0.784. The maximum atomic E-state index is 13.3. The molecule has 2 aromatic rings. The Balaban J connectivity index is 1.43. The fraction of sp³-hybridized carbons (Fsp3) is 0.471. The van der Waals surface area contributed by atoms with Crippen molar-refractivity contribution in [1.29, 1.82) is 0 Å². The van der Waals surface area contributed by atoms with Crippen LogP contribution in [-0.4, -0.2) is 69.5 Å². The van der Waals surface area contributed by atoms with Crippen molar-refractivity contribution in [1.82, 2.24) is 19.8 Å². The maximum absolute atomic E-state index is 13.3. The lowest BCUT2D eigenvalue weighted by molar-refractivity contribution is -0.231. The number of carbonyl (C=O) groups excluding carboxylic acids is 2. The zero-order chi connectivity index (χ0) is 32.1. The lowest BCUT2D eigenvalue weighted by Gasteiger charge is -2.38. The van der Waals surface area contributed by atoms with E-state index >= 15 is 0 Å². The van der Waals surface area contributed by atoms with Gasteiger partial charge in [-0.2, -0.15) is 0 Å². The number of rotatable bonds is 12. The van der Waals surface area contributed by atoms with Gasteiger partial charge in [-0.15, -0.1) is 0 Å². The van der Waals surface area contributed by atoms with Gasteiger partial charge in [-0.3, -0.25) is 9.78 Å². The minimum absolute atomic E-state index is 0.0193. The standard InChI is InChI=1S/C34H43ClN4O5/c1-7-28(39(32(42)44-33(2,3)4)22-34(14-15-34)27-12-13-29(35)37-20-27)17-23-8-10-25(11-9-23)30(40)38(5)21-24-16-26(19-36-18-24)31(41)43-6/h7-10,12-13,16,18-20,25,32,42H,11,14-15,17,21-22H2,1-6H3/b28-7-. The van der Waals surface area contributed by atoms with Gasteiger partial charge in [0, 0.05) is 56.3 Å². The van der Waals surface area contributed by atoms with Crippen LogP contribution in [0.4, 0.5) is 0 Å². The summed E-state index contributed by atoms with van der Waals surface area (Å²) in [5, 5.41) is 11.8. The van der Waals surface area contributed by atoms with E-state index in [9.17, 15) is 14.7 Å². The number of aromatic nitrogens is 2. The number of hydrogen-bond acceptors (Lipinski definition) is 8. The van der Waals surface area contributed by atoms with Crippen LogP contribution in [-0.2, 0) is 26.2 Å². The number of amides is 1. The molecule has 4 rings (SSSR count). The zero-order valence-corrected chi connectivity index (χ0v) is 27.2. The Bertz CT molecular complexity index is 1430. The van der Waals surface area contributed by atoms with Gasteiger partial charge in [0.25, 0.3) is 0 Å². The number of hydrogen-bond donors (Lipinski definition) is 1. The van der Waals surface area contributed by atoms with Crippen molar-refractivity contribution in [3.63, 3.8) is 0 Å². The summed E-state index contributed by atoms with van der Waals surface area (Å²) in [6, 6.07) is 5.51. The van der Waals surface area contributed by atoms with Crippen molar-refractivity contribution < 1.29 is 24.2 Å². The number of aliphatic hydroxyl groups excluding tert-OH is 1. The second-order valence-electron chi connectivity index (χ2n) is 12.5. The number of ether oxygens (including phenoxy) is 2. The summed E-state index contributed by atoms with van der Waals surface area (Å²) in [6.07, 6.45) is 14.9. The molecular formula is C34H43ClN4O5. The molecule has 0 spiro atoms. The number of halogens is 1. The Morgan fingerprint density at radius 2 is 1.98 bits per heavy atom. The molecule has 0 saturated heterocycles. The highest BCUT2D eigenvalue weighted by Crippen LogP contribution is 2.49. The summed E-state index contributed by atoms with van der Waals surface area (Å²) in [4.78, 5) is 37.1. The molecule has 1 N–H and O–H groups in total. The van der Waals surface area contributed by atoms with Gasteiger partial charge in [0.15, 0.2) is 0 Å². The van der Waals surface area contributed by atoms with E-state index in [-0.39, 0.29) is 17.2 Å². The third-order valence-electron chi connectivity index (χ3n) is 7.99. The number of carbonyl (C=O) groups is 2. The quantitative estimate of drug-likeness (QED) is 0.180. The van der Waals surface area contributed by atoms with Gasteiger partial charge in [-0.05, 0) is 75.8 Å². The highest BCUT2D eigenvalue weighted by atomic mass is 35.5. The molecule has 10 heteroatoms. The van der Waals surface area contributed by atoms with Gasteiger partial charge in [0.05, 0.1) is 24.2 Å². The van der Waals surface area contributed by atoms with Crippen LogP contribution in [0.1, 0.15) is 74.9 Å². The lowest BCUT2D eigenvalue weighted by Crippen LogP contribution is -2.45. The van der Waals surface area contributed by atoms with Crippen molar-refractivity contribution in [2.24, 2.45) is 5.92 Å². The molecule has 236 valence electrons. The van der Waals surface area contributed by atoms with Crippen molar-refractivity contribution in [3.8, 4) is 0 Å². The minimum Gasteiger partial charge on any atom is -0.465 e. The molecule has 1 saturated carbocycles. The highest BCUT2D eigenvalue weighted by molar-refractivity contribution is 6.29. The lowest BCUT2D eigenvalue weighted by atomic mass is 9.92. The summed E-state index contributed by atoms with van der Waals surface area (Å²) in [5.41, 5.74) is 3.50. The first-order valence-electron chi connectivity index (χ1n) is 14.9. The first kappa shape index (κ1) is 33.4. The summed E-state index contributed by atoms with van der Waals surface area (Å²) in [7, 11) is 3.07.